The van der Waals surface area contributed by atoms with Gasteiger partial charge in [0.25, 0.3) is 0 Å². The summed E-state index contributed by atoms with van der Waals surface area (Å²) in [5, 5.41) is 0. The van der Waals surface area contributed by atoms with Gasteiger partial charge in [-0.25, -0.2) is 4.79 Å². The number of carbonyl (C=O) groups excluding carboxylic acids is 1. The topological polar surface area (TPSA) is 44.8 Å². The Morgan fingerprint density at radius 1 is 1.16 bits per heavy atom. The second-order valence-corrected chi connectivity index (χ2v) is 9.20. The summed E-state index contributed by atoms with van der Waals surface area (Å²) < 4.78 is 17.3. The van der Waals surface area contributed by atoms with Crippen LogP contribution in [0.1, 0.15) is 47.0 Å². The number of ether oxygens (including phenoxy) is 3. The Bertz CT molecular complexity index is 463. The zero-order valence-corrected chi connectivity index (χ0v) is 17.1. The molecular formula is C20H38NO4+. The number of esters is 1. The van der Waals surface area contributed by atoms with E-state index in [0.717, 1.165) is 12.5 Å². The van der Waals surface area contributed by atoms with Crippen LogP contribution in [-0.2, 0) is 19.0 Å². The standard InChI is InChI=1S/C20H38NO4/c1-7-23-12-13-25-18(22)15-21(5,6)10-11-24-17-14-16-8-9-20(17,4)19(16,2)3/h16-17H,7-15H2,1-6H3/q+1/t16-,17+,20+/m1/s1. The fraction of sp³-hybridized carbons (Fsp3) is 0.950. The molecule has 0 spiro atoms. The van der Waals surface area contributed by atoms with Crippen LogP contribution in [0, 0.1) is 16.7 Å². The van der Waals surface area contributed by atoms with Gasteiger partial charge in [0, 0.05) is 6.61 Å². The van der Waals surface area contributed by atoms with Gasteiger partial charge >= 0.3 is 5.97 Å². The summed E-state index contributed by atoms with van der Waals surface area (Å²) >= 11 is 0. The van der Waals surface area contributed by atoms with E-state index in [2.05, 4.69) is 34.9 Å². The van der Waals surface area contributed by atoms with E-state index in [-0.39, 0.29) is 5.97 Å². The lowest BCUT2D eigenvalue weighted by molar-refractivity contribution is -0.883. The number of hydrogen-bond donors (Lipinski definition) is 0. The minimum Gasteiger partial charge on any atom is -0.459 e. The van der Waals surface area contributed by atoms with Crippen molar-refractivity contribution in [3.8, 4) is 0 Å². The van der Waals surface area contributed by atoms with Crippen molar-refractivity contribution >= 4 is 5.97 Å². The molecule has 0 aliphatic heterocycles. The van der Waals surface area contributed by atoms with Crippen LogP contribution in [0.15, 0.2) is 0 Å². The molecule has 5 nitrogen and oxygen atoms in total. The first kappa shape index (κ1) is 20.7. The molecule has 2 fully saturated rings. The molecule has 0 amide bonds. The van der Waals surface area contributed by atoms with Gasteiger partial charge in [0.05, 0.1) is 33.4 Å². The third-order valence-corrected chi connectivity index (χ3v) is 6.98. The van der Waals surface area contributed by atoms with E-state index in [9.17, 15) is 4.79 Å². The third-order valence-electron chi connectivity index (χ3n) is 6.98. The van der Waals surface area contributed by atoms with Crippen LogP contribution >= 0.6 is 0 Å². The van der Waals surface area contributed by atoms with Gasteiger partial charge in [-0.2, -0.15) is 0 Å². The van der Waals surface area contributed by atoms with Crippen LogP contribution in [0.2, 0.25) is 0 Å². The van der Waals surface area contributed by atoms with E-state index in [0.29, 0.717) is 54.4 Å². The van der Waals surface area contributed by atoms with E-state index in [1.54, 1.807) is 0 Å². The maximum atomic E-state index is 11.9. The highest BCUT2D eigenvalue weighted by molar-refractivity contribution is 5.70. The zero-order valence-electron chi connectivity index (χ0n) is 17.1. The first-order chi connectivity index (χ1) is 11.6. The number of nitrogens with zero attached hydrogens (tertiary/aromatic N) is 1. The molecular weight excluding hydrogens is 318 g/mol. The average molecular weight is 357 g/mol. The lowest BCUT2D eigenvalue weighted by atomic mass is 9.70. The van der Waals surface area contributed by atoms with Gasteiger partial charge in [-0.1, -0.05) is 20.8 Å². The maximum absolute atomic E-state index is 11.9. The number of rotatable bonds is 10. The van der Waals surface area contributed by atoms with Gasteiger partial charge < -0.3 is 18.7 Å². The van der Waals surface area contributed by atoms with Crippen molar-refractivity contribution < 1.29 is 23.5 Å². The molecule has 0 saturated heterocycles. The minimum absolute atomic E-state index is 0.169. The predicted octanol–water partition coefficient (Wildman–Crippen LogP) is 2.87. The third kappa shape index (κ3) is 4.55. The van der Waals surface area contributed by atoms with E-state index in [1.165, 1.54) is 19.3 Å². The molecule has 3 atom stereocenters. The molecule has 2 rings (SSSR count). The second kappa shape index (κ2) is 7.93. The highest BCUT2D eigenvalue weighted by atomic mass is 16.6. The molecule has 2 aliphatic carbocycles. The van der Waals surface area contributed by atoms with Crippen LogP contribution in [0.5, 0.6) is 0 Å². The van der Waals surface area contributed by atoms with Gasteiger partial charge in [-0.3, -0.25) is 0 Å². The molecule has 0 heterocycles. The smallest absolute Gasteiger partial charge is 0.361 e. The second-order valence-electron chi connectivity index (χ2n) is 9.20. The summed E-state index contributed by atoms with van der Waals surface area (Å²) in [7, 11) is 4.11. The van der Waals surface area contributed by atoms with Gasteiger partial charge in [-0.15, -0.1) is 0 Å². The highest BCUT2D eigenvalue weighted by Gasteiger charge is 2.61. The summed E-state index contributed by atoms with van der Waals surface area (Å²) in [6, 6.07) is 0. The van der Waals surface area contributed by atoms with E-state index in [1.807, 2.05) is 6.92 Å². The van der Waals surface area contributed by atoms with Crippen molar-refractivity contribution in [1.82, 2.24) is 0 Å². The molecule has 0 radical (unpaired) electrons. The van der Waals surface area contributed by atoms with Crippen molar-refractivity contribution in [3.63, 3.8) is 0 Å². The molecule has 2 bridgehead atoms. The Hall–Kier alpha value is -0.650. The molecule has 0 N–H and O–H groups in total. The van der Waals surface area contributed by atoms with Crippen LogP contribution in [-0.4, -0.2) is 70.2 Å². The summed E-state index contributed by atoms with van der Waals surface area (Å²) in [6.45, 7) is 12.5. The molecule has 0 unspecified atom stereocenters. The lowest BCUT2D eigenvalue weighted by Gasteiger charge is -2.39. The monoisotopic (exact) mass is 356 g/mol. The first-order valence-electron chi connectivity index (χ1n) is 9.79. The Kier molecular flexibility index (Phi) is 6.55. The summed E-state index contributed by atoms with van der Waals surface area (Å²) in [4.78, 5) is 11.9. The largest absolute Gasteiger partial charge is 0.459 e. The van der Waals surface area contributed by atoms with E-state index >= 15 is 0 Å². The first-order valence-corrected chi connectivity index (χ1v) is 9.79. The maximum Gasteiger partial charge on any atom is 0.361 e. The molecule has 25 heavy (non-hydrogen) atoms. The average Bonchev–Trinajstić information content (AvgIpc) is 2.84. The molecule has 5 heteroatoms. The highest BCUT2D eigenvalue weighted by Crippen LogP contribution is 2.66. The summed E-state index contributed by atoms with van der Waals surface area (Å²) in [5.74, 6) is 0.628. The SMILES string of the molecule is CCOCCOC(=O)C[N+](C)(C)CCO[C@H]1C[C@H]2CC[C@]1(C)C2(C)C. The number of likely N-dealkylation sites (N-methyl/N-ethyl adjacent to an activating group) is 1. The fourth-order valence-electron chi connectivity index (χ4n) is 4.66. The number of carbonyl (C=O) groups is 1. The molecule has 0 aromatic heterocycles. The number of hydrogen-bond acceptors (Lipinski definition) is 4. The molecule has 0 aromatic rings. The Labute approximate surface area is 153 Å². The summed E-state index contributed by atoms with van der Waals surface area (Å²) in [5.41, 5.74) is 0.680. The molecule has 2 aliphatic rings. The van der Waals surface area contributed by atoms with Gasteiger partial charge in [-0.05, 0) is 42.9 Å². The minimum atomic E-state index is -0.169. The van der Waals surface area contributed by atoms with Gasteiger partial charge in [0.1, 0.15) is 13.2 Å². The van der Waals surface area contributed by atoms with Crippen LogP contribution in [0.3, 0.4) is 0 Å². The normalized spacial score (nSPS) is 30.6. The Morgan fingerprint density at radius 3 is 2.44 bits per heavy atom. The Morgan fingerprint density at radius 2 is 1.88 bits per heavy atom. The molecule has 146 valence electrons. The van der Waals surface area contributed by atoms with Crippen LogP contribution < -0.4 is 0 Å². The fourth-order valence-corrected chi connectivity index (χ4v) is 4.66. The number of fused-ring (bicyclic) bond motifs is 2. The lowest BCUT2D eigenvalue weighted by Crippen LogP contribution is -2.47. The quantitative estimate of drug-likeness (QED) is 0.343. The number of quaternary nitrogens is 1. The van der Waals surface area contributed by atoms with Crippen molar-refractivity contribution in [2.45, 2.75) is 53.1 Å². The van der Waals surface area contributed by atoms with Crippen molar-refractivity contribution in [2.24, 2.45) is 16.7 Å². The van der Waals surface area contributed by atoms with Crippen molar-refractivity contribution in [2.75, 3.05) is 53.6 Å². The van der Waals surface area contributed by atoms with Gasteiger partial charge in [0.2, 0.25) is 0 Å². The van der Waals surface area contributed by atoms with Gasteiger partial charge in [0.15, 0.2) is 6.54 Å². The molecule has 2 saturated carbocycles. The van der Waals surface area contributed by atoms with E-state index < -0.39 is 0 Å². The molecule has 0 aromatic carbocycles. The zero-order chi connectivity index (χ0) is 18.7. The van der Waals surface area contributed by atoms with Crippen molar-refractivity contribution in [1.29, 1.82) is 0 Å². The predicted molar refractivity (Wildman–Crippen MR) is 98.3 cm³/mol. The van der Waals surface area contributed by atoms with Crippen LogP contribution in [0.4, 0.5) is 0 Å². The van der Waals surface area contributed by atoms with Crippen LogP contribution in [0.25, 0.3) is 0 Å². The summed E-state index contributed by atoms with van der Waals surface area (Å²) in [6.07, 6.45) is 4.17. The van der Waals surface area contributed by atoms with E-state index in [4.69, 9.17) is 14.2 Å². The van der Waals surface area contributed by atoms with Crippen molar-refractivity contribution in [3.05, 3.63) is 0 Å². The Balaban J connectivity index is 1.71.